The number of carbonyl (C=O) groups is 1. The maximum atomic E-state index is 12.8. The average Bonchev–Trinajstić information content (AvgIpc) is 2.97. The number of carbonyl (C=O) groups excluding carboxylic acids is 1. The van der Waals surface area contributed by atoms with Gasteiger partial charge in [0.25, 0.3) is 5.56 Å². The Morgan fingerprint density at radius 1 is 1.14 bits per heavy atom. The molecule has 0 aliphatic rings. The van der Waals surface area contributed by atoms with Crippen molar-refractivity contribution in [3.63, 3.8) is 0 Å². The van der Waals surface area contributed by atoms with Crippen molar-refractivity contribution in [3.8, 4) is 0 Å². The molecule has 0 fully saturated rings. The summed E-state index contributed by atoms with van der Waals surface area (Å²) >= 11 is 1.28. The van der Waals surface area contributed by atoms with E-state index >= 15 is 0 Å². The van der Waals surface area contributed by atoms with Gasteiger partial charge in [-0.05, 0) is 32.0 Å². The maximum Gasteiger partial charge on any atom is 0.262 e. The van der Waals surface area contributed by atoms with Crippen molar-refractivity contribution in [2.24, 2.45) is 0 Å². The summed E-state index contributed by atoms with van der Waals surface area (Å²) in [6, 6.07) is 9.15. The summed E-state index contributed by atoms with van der Waals surface area (Å²) in [5.74, 6) is 0.223. The van der Waals surface area contributed by atoms with E-state index < -0.39 is 0 Å². The van der Waals surface area contributed by atoms with Crippen LogP contribution in [0.25, 0.3) is 10.9 Å². The van der Waals surface area contributed by atoms with E-state index in [4.69, 9.17) is 0 Å². The molecule has 3 rings (SSSR count). The molecule has 28 heavy (non-hydrogen) atoms. The molecule has 0 bridgehead atoms. The van der Waals surface area contributed by atoms with Gasteiger partial charge in [0, 0.05) is 30.0 Å². The van der Waals surface area contributed by atoms with Crippen LogP contribution < -0.4 is 5.56 Å². The van der Waals surface area contributed by atoms with Crippen molar-refractivity contribution in [2.75, 3.05) is 5.75 Å². The number of para-hydroxylation sites is 1. The fraction of sp³-hybridized carbons (Fsp3) is 0.227. The maximum absolute atomic E-state index is 12.8. The molecule has 3 aromatic rings. The average molecular weight is 394 g/mol. The Balaban J connectivity index is 1.91. The molecule has 0 atom stereocenters. The van der Waals surface area contributed by atoms with Crippen LogP contribution in [-0.4, -0.2) is 25.7 Å². The van der Waals surface area contributed by atoms with Crippen LogP contribution in [0.4, 0.5) is 0 Å². The number of aryl methyl sites for hydroxylation is 1. The number of allylic oxidation sites excluding steroid dienone is 2. The molecule has 0 saturated carbocycles. The summed E-state index contributed by atoms with van der Waals surface area (Å²) < 4.78 is 3.63. The molecular formula is C22H23N3O2S. The zero-order valence-corrected chi connectivity index (χ0v) is 17.0. The number of nitrogens with zero attached hydrogens (tertiary/aromatic N) is 3. The fourth-order valence-corrected chi connectivity index (χ4v) is 4.14. The quantitative estimate of drug-likeness (QED) is 0.250. The SMILES string of the molecule is C=CCn1c(C)cc(C(=O)CSc2nc3ccccc3c(=O)n2CC=C)c1C. The molecule has 0 saturated heterocycles. The number of Topliss-reactive ketones (excluding diaryl/α,β-unsaturated/α-hetero) is 1. The molecule has 0 spiro atoms. The van der Waals surface area contributed by atoms with Crippen LogP contribution in [0.3, 0.4) is 0 Å². The molecule has 144 valence electrons. The highest BCUT2D eigenvalue weighted by molar-refractivity contribution is 7.99. The van der Waals surface area contributed by atoms with Gasteiger partial charge in [0.1, 0.15) is 0 Å². The smallest absolute Gasteiger partial charge is 0.262 e. The number of hydrogen-bond donors (Lipinski definition) is 0. The van der Waals surface area contributed by atoms with Crippen molar-refractivity contribution < 1.29 is 4.79 Å². The standard InChI is InChI=1S/C22H23N3O2S/c1-5-11-24-15(3)13-18(16(24)4)20(26)14-28-22-23-19-10-8-7-9-17(19)21(27)25(22)12-6-2/h5-10,13H,1-2,11-12,14H2,3-4H3. The van der Waals surface area contributed by atoms with Gasteiger partial charge in [0.2, 0.25) is 0 Å². The number of fused-ring (bicyclic) bond motifs is 1. The van der Waals surface area contributed by atoms with E-state index in [1.165, 1.54) is 11.8 Å². The molecule has 0 N–H and O–H groups in total. The fourth-order valence-electron chi connectivity index (χ4n) is 3.25. The van der Waals surface area contributed by atoms with Gasteiger partial charge in [-0.15, -0.1) is 13.2 Å². The van der Waals surface area contributed by atoms with Gasteiger partial charge in [-0.3, -0.25) is 14.2 Å². The highest BCUT2D eigenvalue weighted by Gasteiger charge is 2.17. The van der Waals surface area contributed by atoms with Crippen molar-refractivity contribution >= 4 is 28.4 Å². The first-order valence-electron chi connectivity index (χ1n) is 9.02. The number of rotatable bonds is 8. The lowest BCUT2D eigenvalue weighted by molar-refractivity contribution is 0.102. The highest BCUT2D eigenvalue weighted by atomic mass is 32.2. The molecular weight excluding hydrogens is 370 g/mol. The van der Waals surface area contributed by atoms with Crippen LogP contribution in [0.15, 0.2) is 65.6 Å². The van der Waals surface area contributed by atoms with E-state index in [2.05, 4.69) is 22.7 Å². The van der Waals surface area contributed by atoms with Crippen molar-refractivity contribution in [3.05, 3.63) is 82.9 Å². The number of hydrogen-bond acceptors (Lipinski definition) is 4. The van der Waals surface area contributed by atoms with E-state index in [1.807, 2.05) is 44.2 Å². The first kappa shape index (κ1) is 19.9. The topological polar surface area (TPSA) is 56.9 Å². The van der Waals surface area contributed by atoms with Crippen molar-refractivity contribution in [1.82, 2.24) is 14.1 Å². The van der Waals surface area contributed by atoms with Gasteiger partial charge >= 0.3 is 0 Å². The Labute approximate surface area is 168 Å². The first-order chi connectivity index (χ1) is 13.5. The minimum absolute atomic E-state index is 0.0148. The minimum Gasteiger partial charge on any atom is -0.345 e. The summed E-state index contributed by atoms with van der Waals surface area (Å²) in [4.78, 5) is 30.2. The van der Waals surface area contributed by atoms with E-state index in [1.54, 1.807) is 16.7 Å². The Morgan fingerprint density at radius 2 is 1.82 bits per heavy atom. The van der Waals surface area contributed by atoms with Crippen LogP contribution in [-0.2, 0) is 13.1 Å². The summed E-state index contributed by atoms with van der Waals surface area (Å²) in [5.41, 5.74) is 3.16. The number of thioether (sulfide) groups is 1. The van der Waals surface area contributed by atoms with Crippen LogP contribution in [0.5, 0.6) is 0 Å². The molecule has 2 aromatic heterocycles. The van der Waals surface area contributed by atoms with Gasteiger partial charge < -0.3 is 4.57 Å². The van der Waals surface area contributed by atoms with E-state index in [0.29, 0.717) is 34.7 Å². The lowest BCUT2D eigenvalue weighted by Gasteiger charge is -2.11. The molecule has 0 amide bonds. The Morgan fingerprint density at radius 3 is 2.54 bits per heavy atom. The van der Waals surface area contributed by atoms with Crippen molar-refractivity contribution in [1.29, 1.82) is 0 Å². The predicted molar refractivity (Wildman–Crippen MR) is 115 cm³/mol. The second-order valence-electron chi connectivity index (χ2n) is 6.51. The lowest BCUT2D eigenvalue weighted by Crippen LogP contribution is -2.23. The molecule has 0 radical (unpaired) electrons. The van der Waals surface area contributed by atoms with E-state index in [-0.39, 0.29) is 17.1 Å². The summed E-state index contributed by atoms with van der Waals surface area (Å²) in [7, 11) is 0. The molecule has 1 aromatic carbocycles. The van der Waals surface area contributed by atoms with Gasteiger partial charge in [0.05, 0.1) is 16.7 Å². The van der Waals surface area contributed by atoms with E-state index in [0.717, 1.165) is 11.4 Å². The zero-order chi connectivity index (χ0) is 20.3. The van der Waals surface area contributed by atoms with Gasteiger partial charge in [0.15, 0.2) is 10.9 Å². The molecule has 5 nitrogen and oxygen atoms in total. The second-order valence-corrected chi connectivity index (χ2v) is 7.45. The highest BCUT2D eigenvalue weighted by Crippen LogP contribution is 2.22. The van der Waals surface area contributed by atoms with Crippen LogP contribution in [0, 0.1) is 13.8 Å². The molecule has 6 heteroatoms. The summed E-state index contributed by atoms with van der Waals surface area (Å²) in [6.07, 6.45) is 3.47. The Hall–Kier alpha value is -2.86. The Kier molecular flexibility index (Phi) is 5.99. The number of benzene rings is 1. The molecule has 0 unspecified atom stereocenters. The lowest BCUT2D eigenvalue weighted by atomic mass is 10.2. The second kappa shape index (κ2) is 8.44. The van der Waals surface area contributed by atoms with Crippen LogP contribution in [0.1, 0.15) is 21.7 Å². The van der Waals surface area contributed by atoms with Crippen LogP contribution in [0.2, 0.25) is 0 Å². The van der Waals surface area contributed by atoms with Gasteiger partial charge in [-0.1, -0.05) is 36.0 Å². The van der Waals surface area contributed by atoms with Gasteiger partial charge in [-0.2, -0.15) is 0 Å². The van der Waals surface area contributed by atoms with Crippen LogP contribution >= 0.6 is 11.8 Å². The third-order valence-electron chi connectivity index (χ3n) is 4.66. The summed E-state index contributed by atoms with van der Waals surface area (Å²) in [6.45, 7) is 12.4. The predicted octanol–water partition coefficient (Wildman–Crippen LogP) is 4.16. The number of ketones is 1. The minimum atomic E-state index is -0.121. The summed E-state index contributed by atoms with van der Waals surface area (Å²) in [5, 5.41) is 1.09. The third kappa shape index (κ3) is 3.73. The Bertz CT molecular complexity index is 1120. The van der Waals surface area contributed by atoms with Gasteiger partial charge in [-0.25, -0.2) is 4.98 Å². The number of aromatic nitrogens is 3. The molecule has 2 heterocycles. The molecule has 0 aliphatic carbocycles. The normalized spacial score (nSPS) is 10.9. The molecule has 0 aliphatic heterocycles. The monoisotopic (exact) mass is 393 g/mol. The zero-order valence-electron chi connectivity index (χ0n) is 16.1. The largest absolute Gasteiger partial charge is 0.345 e. The third-order valence-corrected chi connectivity index (χ3v) is 5.63. The first-order valence-corrected chi connectivity index (χ1v) is 10.0. The van der Waals surface area contributed by atoms with Crippen molar-refractivity contribution in [2.45, 2.75) is 32.1 Å². The van der Waals surface area contributed by atoms with E-state index in [9.17, 15) is 9.59 Å².